The highest BCUT2D eigenvalue weighted by Crippen LogP contribution is 2.18. The van der Waals surface area contributed by atoms with Crippen molar-refractivity contribution in [2.75, 3.05) is 23.3 Å². The molecule has 2 amide bonds. The molecule has 2 aromatic heterocycles. The molecule has 1 atom stereocenters. The van der Waals surface area contributed by atoms with Gasteiger partial charge in [0.1, 0.15) is 5.82 Å². The summed E-state index contributed by atoms with van der Waals surface area (Å²) in [5, 5.41) is 5.88. The molecule has 1 unspecified atom stereocenters. The van der Waals surface area contributed by atoms with Gasteiger partial charge in [-0.2, -0.15) is 0 Å². The predicted octanol–water partition coefficient (Wildman–Crippen LogP) is 2.74. The van der Waals surface area contributed by atoms with E-state index in [1.165, 1.54) is 6.20 Å². The molecule has 0 saturated carbocycles. The predicted molar refractivity (Wildman–Crippen MR) is 111 cm³/mol. The lowest BCUT2D eigenvalue weighted by atomic mass is 10.1. The molecule has 1 aliphatic rings. The minimum Gasteiger partial charge on any atom is -0.354 e. The standard InChI is InChI=1S/C22H21N5O2/c28-21(26-19-9-12-27(15-19)20-8-1-2-11-24-20)16-5-3-7-18(13-16)25-22(29)17-6-4-10-23-14-17/h1-8,10-11,13-14,19H,9,12,15H2,(H,25,29)(H,26,28). The number of nitrogens with zero attached hydrogens (tertiary/aromatic N) is 3. The van der Waals surface area contributed by atoms with Gasteiger partial charge in [0.05, 0.1) is 5.56 Å². The second-order valence-corrected chi connectivity index (χ2v) is 6.87. The highest BCUT2D eigenvalue weighted by molar-refractivity contribution is 6.05. The van der Waals surface area contributed by atoms with Crippen molar-refractivity contribution in [3.63, 3.8) is 0 Å². The summed E-state index contributed by atoms with van der Waals surface area (Å²) in [6.07, 6.45) is 5.74. The molecule has 7 heteroatoms. The lowest BCUT2D eigenvalue weighted by molar-refractivity contribution is 0.0939. The number of hydrogen-bond acceptors (Lipinski definition) is 5. The van der Waals surface area contributed by atoms with E-state index in [1.54, 1.807) is 48.8 Å². The first-order valence-corrected chi connectivity index (χ1v) is 9.47. The highest BCUT2D eigenvalue weighted by Gasteiger charge is 2.25. The zero-order valence-electron chi connectivity index (χ0n) is 15.8. The number of anilines is 2. The van der Waals surface area contributed by atoms with Crippen LogP contribution in [0, 0.1) is 0 Å². The van der Waals surface area contributed by atoms with Gasteiger partial charge in [0.15, 0.2) is 0 Å². The Balaban J connectivity index is 1.37. The van der Waals surface area contributed by atoms with Crippen LogP contribution in [0.2, 0.25) is 0 Å². The normalized spacial score (nSPS) is 15.7. The van der Waals surface area contributed by atoms with Crippen molar-refractivity contribution in [2.45, 2.75) is 12.5 Å². The quantitative estimate of drug-likeness (QED) is 0.703. The largest absolute Gasteiger partial charge is 0.354 e. The van der Waals surface area contributed by atoms with Gasteiger partial charge in [0.25, 0.3) is 11.8 Å². The van der Waals surface area contributed by atoms with Crippen LogP contribution < -0.4 is 15.5 Å². The number of rotatable bonds is 5. The van der Waals surface area contributed by atoms with Gasteiger partial charge in [-0.25, -0.2) is 4.98 Å². The molecule has 7 nitrogen and oxygen atoms in total. The molecule has 0 spiro atoms. The maximum atomic E-state index is 12.7. The highest BCUT2D eigenvalue weighted by atomic mass is 16.2. The number of benzene rings is 1. The third-order valence-corrected chi connectivity index (χ3v) is 4.80. The Morgan fingerprint density at radius 3 is 2.66 bits per heavy atom. The number of carbonyl (C=O) groups excluding carboxylic acids is 2. The van der Waals surface area contributed by atoms with Gasteiger partial charge in [-0.3, -0.25) is 14.6 Å². The van der Waals surface area contributed by atoms with Gasteiger partial charge in [0, 0.05) is 49.0 Å². The van der Waals surface area contributed by atoms with E-state index in [9.17, 15) is 9.59 Å². The minimum absolute atomic E-state index is 0.0538. The van der Waals surface area contributed by atoms with E-state index in [2.05, 4.69) is 25.5 Å². The first kappa shape index (κ1) is 18.6. The molecule has 1 aliphatic heterocycles. The van der Waals surface area contributed by atoms with Gasteiger partial charge < -0.3 is 15.5 Å². The zero-order chi connectivity index (χ0) is 20.1. The van der Waals surface area contributed by atoms with Crippen LogP contribution in [-0.2, 0) is 0 Å². The fraction of sp³-hybridized carbons (Fsp3) is 0.182. The van der Waals surface area contributed by atoms with Gasteiger partial charge in [-0.05, 0) is 48.9 Å². The van der Waals surface area contributed by atoms with Crippen LogP contribution >= 0.6 is 0 Å². The summed E-state index contributed by atoms with van der Waals surface area (Å²) in [5.41, 5.74) is 1.53. The molecule has 3 aromatic rings. The number of nitrogens with one attached hydrogen (secondary N) is 2. The third kappa shape index (κ3) is 4.57. The van der Waals surface area contributed by atoms with E-state index >= 15 is 0 Å². The van der Waals surface area contributed by atoms with Crippen molar-refractivity contribution in [3.05, 3.63) is 84.3 Å². The molecule has 4 rings (SSSR count). The van der Waals surface area contributed by atoms with Crippen molar-refractivity contribution in [1.82, 2.24) is 15.3 Å². The number of amides is 2. The van der Waals surface area contributed by atoms with Gasteiger partial charge in [0.2, 0.25) is 0 Å². The van der Waals surface area contributed by atoms with Crippen LogP contribution in [0.25, 0.3) is 0 Å². The van der Waals surface area contributed by atoms with Gasteiger partial charge >= 0.3 is 0 Å². The molecule has 3 heterocycles. The minimum atomic E-state index is -0.266. The van der Waals surface area contributed by atoms with Crippen molar-refractivity contribution < 1.29 is 9.59 Å². The molecule has 1 saturated heterocycles. The first-order chi connectivity index (χ1) is 14.2. The number of pyridine rings is 2. The summed E-state index contributed by atoms with van der Waals surface area (Å²) in [6, 6.07) is 16.2. The topological polar surface area (TPSA) is 87.2 Å². The maximum Gasteiger partial charge on any atom is 0.257 e. The van der Waals surface area contributed by atoms with Crippen molar-refractivity contribution in [1.29, 1.82) is 0 Å². The summed E-state index contributed by atoms with van der Waals surface area (Å²) in [5.74, 6) is 0.497. The fourth-order valence-corrected chi connectivity index (χ4v) is 3.33. The Kier molecular flexibility index (Phi) is 5.47. The molecule has 29 heavy (non-hydrogen) atoms. The Hall–Kier alpha value is -3.74. The summed E-state index contributed by atoms with van der Waals surface area (Å²) >= 11 is 0. The Bertz CT molecular complexity index is 994. The van der Waals surface area contributed by atoms with Crippen LogP contribution in [0.5, 0.6) is 0 Å². The number of carbonyl (C=O) groups is 2. The molecule has 146 valence electrons. The van der Waals surface area contributed by atoms with E-state index in [1.807, 2.05) is 18.2 Å². The molecule has 0 aliphatic carbocycles. The molecule has 1 aromatic carbocycles. The van der Waals surface area contributed by atoms with Crippen molar-refractivity contribution in [3.8, 4) is 0 Å². The molecule has 0 bridgehead atoms. The number of hydrogen-bond donors (Lipinski definition) is 2. The van der Waals surface area contributed by atoms with E-state index in [-0.39, 0.29) is 17.9 Å². The summed E-state index contributed by atoms with van der Waals surface area (Å²) in [6.45, 7) is 1.57. The third-order valence-electron chi connectivity index (χ3n) is 4.80. The van der Waals surface area contributed by atoms with Gasteiger partial charge in [-0.1, -0.05) is 12.1 Å². The van der Waals surface area contributed by atoms with Crippen molar-refractivity contribution >= 4 is 23.3 Å². The Morgan fingerprint density at radius 2 is 1.86 bits per heavy atom. The fourth-order valence-electron chi connectivity index (χ4n) is 3.33. The van der Waals surface area contributed by atoms with E-state index < -0.39 is 0 Å². The second kappa shape index (κ2) is 8.52. The molecule has 1 fully saturated rings. The average Bonchev–Trinajstić information content (AvgIpc) is 3.23. The monoisotopic (exact) mass is 387 g/mol. The average molecular weight is 387 g/mol. The van der Waals surface area contributed by atoms with Crippen LogP contribution in [0.4, 0.5) is 11.5 Å². The summed E-state index contributed by atoms with van der Waals surface area (Å²) in [4.78, 5) is 35.4. The zero-order valence-corrected chi connectivity index (χ0v) is 15.8. The lowest BCUT2D eigenvalue weighted by Gasteiger charge is -2.18. The second-order valence-electron chi connectivity index (χ2n) is 6.87. The van der Waals surface area contributed by atoms with Crippen LogP contribution in [0.3, 0.4) is 0 Å². The molecular formula is C22H21N5O2. The summed E-state index contributed by atoms with van der Waals surface area (Å²) < 4.78 is 0. The number of aromatic nitrogens is 2. The summed E-state index contributed by atoms with van der Waals surface area (Å²) in [7, 11) is 0. The van der Waals surface area contributed by atoms with E-state index in [0.29, 0.717) is 16.8 Å². The van der Waals surface area contributed by atoms with Crippen LogP contribution in [0.15, 0.2) is 73.2 Å². The van der Waals surface area contributed by atoms with Crippen LogP contribution in [0.1, 0.15) is 27.1 Å². The van der Waals surface area contributed by atoms with E-state index in [0.717, 1.165) is 25.3 Å². The van der Waals surface area contributed by atoms with Gasteiger partial charge in [-0.15, -0.1) is 0 Å². The van der Waals surface area contributed by atoms with Crippen molar-refractivity contribution in [2.24, 2.45) is 0 Å². The molecule has 0 radical (unpaired) electrons. The first-order valence-electron chi connectivity index (χ1n) is 9.47. The molecular weight excluding hydrogens is 366 g/mol. The molecule has 2 N–H and O–H groups in total. The Morgan fingerprint density at radius 1 is 0.966 bits per heavy atom. The smallest absolute Gasteiger partial charge is 0.257 e. The SMILES string of the molecule is O=C(Nc1cccc(C(=O)NC2CCN(c3ccccn3)C2)c1)c1cccnc1. The Labute approximate surface area is 168 Å². The maximum absolute atomic E-state index is 12.7. The van der Waals surface area contributed by atoms with E-state index in [4.69, 9.17) is 0 Å². The van der Waals surface area contributed by atoms with Crippen LogP contribution in [-0.4, -0.2) is 40.9 Å². The lowest BCUT2D eigenvalue weighted by Crippen LogP contribution is -2.37.